The third-order valence-electron chi connectivity index (χ3n) is 3.37. The summed E-state index contributed by atoms with van der Waals surface area (Å²) >= 11 is 9.39. The number of aliphatic hydroxyl groups is 1. The van der Waals surface area contributed by atoms with Gasteiger partial charge in [0.1, 0.15) is 0 Å². The van der Waals surface area contributed by atoms with E-state index >= 15 is 0 Å². The zero-order chi connectivity index (χ0) is 12.5. The minimum absolute atomic E-state index is 0.396. The van der Waals surface area contributed by atoms with Crippen LogP contribution in [0.25, 0.3) is 0 Å². The minimum atomic E-state index is -0.664. The molecule has 2 unspecified atom stereocenters. The zero-order valence-electron chi connectivity index (χ0n) is 9.33. The molecule has 1 aromatic carbocycles. The number of benzene rings is 1. The van der Waals surface area contributed by atoms with Crippen LogP contribution in [0.15, 0.2) is 22.7 Å². The molecule has 1 aliphatic rings. The molecule has 0 aromatic heterocycles. The van der Waals surface area contributed by atoms with Crippen LogP contribution in [0.5, 0.6) is 0 Å². The van der Waals surface area contributed by atoms with Crippen molar-refractivity contribution in [1.82, 2.24) is 0 Å². The maximum absolute atomic E-state index is 10.5. The molecule has 5 heteroatoms. The van der Waals surface area contributed by atoms with E-state index < -0.39 is 11.5 Å². The van der Waals surface area contributed by atoms with E-state index in [2.05, 4.69) is 15.9 Å². The van der Waals surface area contributed by atoms with Gasteiger partial charge in [0.25, 0.3) is 0 Å². The fourth-order valence-electron chi connectivity index (χ4n) is 2.17. The van der Waals surface area contributed by atoms with E-state index in [-0.39, 0.29) is 0 Å². The average Bonchev–Trinajstić information content (AvgIpc) is 2.81. The molecule has 0 aliphatic carbocycles. The summed E-state index contributed by atoms with van der Waals surface area (Å²) in [6.45, 7) is 1.53. The second kappa shape index (κ2) is 5.24. The van der Waals surface area contributed by atoms with Gasteiger partial charge < -0.3 is 15.6 Å². The second-order valence-corrected chi connectivity index (χ2v) is 5.73. The van der Waals surface area contributed by atoms with E-state index in [1.165, 1.54) is 0 Å². The molecule has 0 amide bonds. The van der Waals surface area contributed by atoms with Crippen molar-refractivity contribution in [3.05, 3.63) is 33.3 Å². The number of hydrogen-bond acceptors (Lipinski definition) is 3. The lowest BCUT2D eigenvalue weighted by Crippen LogP contribution is -2.37. The predicted molar refractivity (Wildman–Crippen MR) is 71.0 cm³/mol. The molecule has 1 aromatic rings. The summed E-state index contributed by atoms with van der Waals surface area (Å²) < 4.78 is 6.22. The Morgan fingerprint density at radius 1 is 1.59 bits per heavy atom. The molecule has 1 heterocycles. The van der Waals surface area contributed by atoms with Crippen molar-refractivity contribution < 1.29 is 9.84 Å². The lowest BCUT2D eigenvalue weighted by atomic mass is 9.78. The number of aliphatic hydroxyl groups excluding tert-OH is 1. The Balaban J connectivity index is 2.35. The van der Waals surface area contributed by atoms with Gasteiger partial charge in [-0.1, -0.05) is 27.5 Å². The molecule has 1 fully saturated rings. The first-order valence-electron chi connectivity index (χ1n) is 5.50. The molecule has 0 saturated carbocycles. The molecule has 0 radical (unpaired) electrons. The number of nitrogens with two attached hydrogens (primary N) is 1. The van der Waals surface area contributed by atoms with Crippen LogP contribution in [0.1, 0.15) is 18.1 Å². The Labute approximate surface area is 114 Å². The van der Waals surface area contributed by atoms with Crippen molar-refractivity contribution in [1.29, 1.82) is 0 Å². The first kappa shape index (κ1) is 13.3. The normalized spacial score (nSPS) is 26.1. The monoisotopic (exact) mass is 319 g/mol. The number of halogens is 2. The summed E-state index contributed by atoms with van der Waals surface area (Å²) in [6, 6.07) is 5.38. The SMILES string of the molecule is NCC1(C(O)c2cc(Cl)ccc2Br)CCOC1. The third-order valence-corrected chi connectivity index (χ3v) is 4.33. The predicted octanol–water partition coefficient (Wildman–Crippen LogP) is 2.50. The maximum atomic E-state index is 10.5. The van der Waals surface area contributed by atoms with Gasteiger partial charge >= 0.3 is 0 Å². The summed E-state index contributed by atoms with van der Waals surface area (Å²) in [5.74, 6) is 0. The number of rotatable bonds is 3. The Kier molecular flexibility index (Phi) is 4.10. The summed E-state index contributed by atoms with van der Waals surface area (Å²) in [5, 5.41) is 11.1. The molecule has 2 rings (SSSR count). The van der Waals surface area contributed by atoms with Gasteiger partial charge in [-0.15, -0.1) is 0 Å². The molecular weight excluding hydrogens is 305 g/mol. The van der Waals surface area contributed by atoms with Crippen LogP contribution in [0.3, 0.4) is 0 Å². The fraction of sp³-hybridized carbons (Fsp3) is 0.500. The molecule has 3 nitrogen and oxygen atoms in total. The Morgan fingerprint density at radius 2 is 2.35 bits per heavy atom. The first-order valence-corrected chi connectivity index (χ1v) is 6.67. The highest BCUT2D eigenvalue weighted by atomic mass is 79.9. The average molecular weight is 321 g/mol. The van der Waals surface area contributed by atoms with Crippen molar-refractivity contribution in [2.24, 2.45) is 11.1 Å². The van der Waals surface area contributed by atoms with Crippen LogP contribution in [0.2, 0.25) is 5.02 Å². The molecule has 0 bridgehead atoms. The molecule has 94 valence electrons. The van der Waals surface area contributed by atoms with Crippen LogP contribution < -0.4 is 5.73 Å². The van der Waals surface area contributed by atoms with Crippen molar-refractivity contribution in [3.8, 4) is 0 Å². The Morgan fingerprint density at radius 3 is 2.94 bits per heavy atom. The molecule has 1 saturated heterocycles. The van der Waals surface area contributed by atoms with E-state index in [1.54, 1.807) is 12.1 Å². The van der Waals surface area contributed by atoms with Gasteiger partial charge in [-0.25, -0.2) is 0 Å². The second-order valence-electron chi connectivity index (χ2n) is 4.44. The van der Waals surface area contributed by atoms with Gasteiger partial charge in [0.2, 0.25) is 0 Å². The standard InChI is InChI=1S/C12H15BrClNO2/c13-10-2-1-8(14)5-9(10)11(16)12(6-15)3-4-17-7-12/h1-2,5,11,16H,3-4,6-7,15H2. The lowest BCUT2D eigenvalue weighted by Gasteiger charge is -2.32. The Hall–Kier alpha value is -0.130. The molecule has 17 heavy (non-hydrogen) atoms. The van der Waals surface area contributed by atoms with E-state index in [9.17, 15) is 5.11 Å². The summed E-state index contributed by atoms with van der Waals surface area (Å²) in [5.41, 5.74) is 6.18. The molecule has 2 atom stereocenters. The third kappa shape index (κ3) is 2.51. The van der Waals surface area contributed by atoms with Crippen molar-refractivity contribution in [2.45, 2.75) is 12.5 Å². The van der Waals surface area contributed by atoms with Crippen LogP contribution >= 0.6 is 27.5 Å². The molecule has 3 N–H and O–H groups in total. The number of ether oxygens (including phenoxy) is 1. The molecular formula is C12H15BrClNO2. The van der Waals surface area contributed by atoms with Crippen molar-refractivity contribution in [2.75, 3.05) is 19.8 Å². The van der Waals surface area contributed by atoms with Gasteiger partial charge in [-0.2, -0.15) is 0 Å². The van der Waals surface area contributed by atoms with Crippen LogP contribution in [0, 0.1) is 5.41 Å². The van der Waals surface area contributed by atoms with Crippen molar-refractivity contribution in [3.63, 3.8) is 0 Å². The van der Waals surface area contributed by atoms with Gasteiger partial charge in [-0.3, -0.25) is 0 Å². The van der Waals surface area contributed by atoms with Gasteiger partial charge in [0.15, 0.2) is 0 Å². The molecule has 0 spiro atoms. The van der Waals surface area contributed by atoms with Gasteiger partial charge in [-0.05, 0) is 30.2 Å². The quantitative estimate of drug-likeness (QED) is 0.900. The van der Waals surface area contributed by atoms with Crippen LogP contribution in [0.4, 0.5) is 0 Å². The highest BCUT2D eigenvalue weighted by molar-refractivity contribution is 9.10. The summed E-state index contributed by atoms with van der Waals surface area (Å²) in [4.78, 5) is 0. The largest absolute Gasteiger partial charge is 0.388 e. The van der Waals surface area contributed by atoms with E-state index in [1.807, 2.05) is 6.07 Å². The van der Waals surface area contributed by atoms with E-state index in [0.717, 1.165) is 16.5 Å². The fourth-order valence-corrected chi connectivity index (χ4v) is 2.81. The topological polar surface area (TPSA) is 55.5 Å². The summed E-state index contributed by atoms with van der Waals surface area (Å²) in [7, 11) is 0. The highest BCUT2D eigenvalue weighted by Gasteiger charge is 2.42. The Bertz CT molecular complexity index is 407. The van der Waals surface area contributed by atoms with Gasteiger partial charge in [0, 0.05) is 28.1 Å². The zero-order valence-corrected chi connectivity index (χ0v) is 11.7. The maximum Gasteiger partial charge on any atom is 0.0892 e. The number of hydrogen-bond donors (Lipinski definition) is 2. The van der Waals surface area contributed by atoms with Crippen LogP contribution in [-0.4, -0.2) is 24.9 Å². The lowest BCUT2D eigenvalue weighted by molar-refractivity contribution is 0.0186. The van der Waals surface area contributed by atoms with Crippen LogP contribution in [-0.2, 0) is 4.74 Å². The van der Waals surface area contributed by atoms with Gasteiger partial charge in [0.05, 0.1) is 12.7 Å². The van der Waals surface area contributed by atoms with E-state index in [4.69, 9.17) is 22.1 Å². The highest BCUT2D eigenvalue weighted by Crippen LogP contribution is 2.42. The van der Waals surface area contributed by atoms with E-state index in [0.29, 0.717) is 24.8 Å². The smallest absolute Gasteiger partial charge is 0.0892 e. The summed E-state index contributed by atoms with van der Waals surface area (Å²) in [6.07, 6.45) is 0.104. The molecule has 1 aliphatic heterocycles. The first-order chi connectivity index (χ1) is 8.09. The minimum Gasteiger partial charge on any atom is -0.388 e. The van der Waals surface area contributed by atoms with Crippen molar-refractivity contribution >= 4 is 27.5 Å².